The number of hydrogen-bond donors (Lipinski definition) is 1. The van der Waals surface area contributed by atoms with Crippen molar-refractivity contribution < 1.29 is 14.6 Å². The highest BCUT2D eigenvalue weighted by molar-refractivity contribution is 5.69. The zero-order valence-corrected chi connectivity index (χ0v) is 14.2. The third kappa shape index (κ3) is 5.13. The number of carbonyl (C=O) groups is 1. The topological polar surface area (TPSA) is 46.5 Å². The Morgan fingerprint density at radius 1 is 1.00 bits per heavy atom. The van der Waals surface area contributed by atoms with Crippen LogP contribution in [0.4, 0.5) is 0 Å². The van der Waals surface area contributed by atoms with Crippen LogP contribution in [0, 0.1) is 5.41 Å². The van der Waals surface area contributed by atoms with Crippen molar-refractivity contribution in [3.63, 3.8) is 0 Å². The van der Waals surface area contributed by atoms with Gasteiger partial charge in [-0.15, -0.1) is 0 Å². The third-order valence-electron chi connectivity index (χ3n) is 3.66. The summed E-state index contributed by atoms with van der Waals surface area (Å²) in [6.45, 7) is 8.04. The molecule has 0 spiro atoms. The Balaban J connectivity index is 2.33. The van der Waals surface area contributed by atoms with E-state index in [0.717, 1.165) is 12.0 Å². The Bertz CT molecular complexity index is 649. The SMILES string of the molecule is CC(=O)Oc1ccc([C@H](CC(C)(C)C)c2ccc(O)cc2)cc1. The van der Waals surface area contributed by atoms with E-state index in [0.29, 0.717) is 5.75 Å². The van der Waals surface area contributed by atoms with Gasteiger partial charge in [-0.3, -0.25) is 4.79 Å². The van der Waals surface area contributed by atoms with Crippen molar-refractivity contribution in [3.05, 3.63) is 59.7 Å². The van der Waals surface area contributed by atoms with Crippen LogP contribution in [-0.4, -0.2) is 11.1 Å². The molecule has 1 N–H and O–H groups in total. The lowest BCUT2D eigenvalue weighted by Crippen LogP contribution is -2.13. The minimum Gasteiger partial charge on any atom is -0.508 e. The highest BCUT2D eigenvalue weighted by Crippen LogP contribution is 2.37. The van der Waals surface area contributed by atoms with Gasteiger partial charge in [-0.25, -0.2) is 0 Å². The molecule has 3 nitrogen and oxygen atoms in total. The molecule has 0 aliphatic rings. The number of aromatic hydroxyl groups is 1. The van der Waals surface area contributed by atoms with Gasteiger partial charge in [-0.1, -0.05) is 45.0 Å². The number of hydrogen-bond acceptors (Lipinski definition) is 3. The monoisotopic (exact) mass is 312 g/mol. The number of rotatable bonds is 4. The van der Waals surface area contributed by atoms with Crippen LogP contribution in [-0.2, 0) is 4.79 Å². The second kappa shape index (κ2) is 6.86. The van der Waals surface area contributed by atoms with Crippen LogP contribution in [0.1, 0.15) is 51.2 Å². The molecule has 2 aromatic rings. The number of benzene rings is 2. The van der Waals surface area contributed by atoms with E-state index in [9.17, 15) is 9.90 Å². The van der Waals surface area contributed by atoms with Gasteiger partial charge >= 0.3 is 5.97 Å². The standard InChI is InChI=1S/C20H24O3/c1-14(21)23-18-11-7-16(8-12-18)19(13-20(2,3)4)15-5-9-17(22)10-6-15/h5-12,19,22H,13H2,1-4H3/t19-/m1/s1. The van der Waals surface area contributed by atoms with Gasteiger partial charge in [0, 0.05) is 12.8 Å². The summed E-state index contributed by atoms with van der Waals surface area (Å²) in [5, 5.41) is 9.51. The summed E-state index contributed by atoms with van der Waals surface area (Å²) >= 11 is 0. The molecule has 1 atom stereocenters. The molecule has 23 heavy (non-hydrogen) atoms. The molecule has 0 fully saturated rings. The van der Waals surface area contributed by atoms with Crippen molar-refractivity contribution in [3.8, 4) is 11.5 Å². The fourth-order valence-electron chi connectivity index (χ4n) is 2.68. The molecule has 3 heteroatoms. The number of phenolic OH excluding ortho intramolecular Hbond substituents is 1. The van der Waals surface area contributed by atoms with Crippen LogP contribution in [0.3, 0.4) is 0 Å². The molecule has 0 aromatic heterocycles. The molecule has 0 bridgehead atoms. The summed E-state index contributed by atoms with van der Waals surface area (Å²) in [7, 11) is 0. The average Bonchev–Trinajstić information content (AvgIpc) is 2.45. The summed E-state index contributed by atoms with van der Waals surface area (Å²) in [4.78, 5) is 11.0. The minimum atomic E-state index is -0.317. The maximum atomic E-state index is 11.0. The van der Waals surface area contributed by atoms with E-state index in [1.165, 1.54) is 12.5 Å². The molecular formula is C20H24O3. The molecular weight excluding hydrogens is 288 g/mol. The summed E-state index contributed by atoms with van der Waals surface area (Å²) < 4.78 is 5.10. The summed E-state index contributed by atoms with van der Waals surface area (Å²) in [5.74, 6) is 0.736. The largest absolute Gasteiger partial charge is 0.508 e. The fraction of sp³-hybridized carbons (Fsp3) is 0.350. The Morgan fingerprint density at radius 2 is 1.48 bits per heavy atom. The second-order valence-electron chi connectivity index (χ2n) is 7.07. The first-order valence-corrected chi connectivity index (χ1v) is 7.82. The van der Waals surface area contributed by atoms with Gasteiger partial charge in [-0.05, 0) is 47.2 Å². The maximum Gasteiger partial charge on any atom is 0.308 e. The first kappa shape index (κ1) is 17.1. The quantitative estimate of drug-likeness (QED) is 0.646. The smallest absolute Gasteiger partial charge is 0.308 e. The lowest BCUT2D eigenvalue weighted by atomic mass is 9.78. The maximum absolute atomic E-state index is 11.0. The van der Waals surface area contributed by atoms with E-state index in [1.54, 1.807) is 12.1 Å². The molecule has 0 radical (unpaired) electrons. The average molecular weight is 312 g/mol. The molecule has 2 aromatic carbocycles. The first-order valence-electron chi connectivity index (χ1n) is 7.82. The van der Waals surface area contributed by atoms with E-state index >= 15 is 0 Å². The van der Waals surface area contributed by atoms with Crippen molar-refractivity contribution in [1.29, 1.82) is 0 Å². The molecule has 0 saturated heterocycles. The molecule has 0 aliphatic heterocycles. The molecule has 0 unspecified atom stereocenters. The normalized spacial score (nSPS) is 12.7. The van der Waals surface area contributed by atoms with Crippen LogP contribution < -0.4 is 4.74 Å². The van der Waals surface area contributed by atoms with E-state index in [2.05, 4.69) is 20.8 Å². The van der Waals surface area contributed by atoms with Gasteiger partial charge in [-0.2, -0.15) is 0 Å². The van der Waals surface area contributed by atoms with Gasteiger partial charge in [0.1, 0.15) is 11.5 Å². The zero-order valence-electron chi connectivity index (χ0n) is 14.2. The van der Waals surface area contributed by atoms with E-state index in [4.69, 9.17) is 4.74 Å². The van der Waals surface area contributed by atoms with Crippen LogP contribution in [0.5, 0.6) is 11.5 Å². The minimum absolute atomic E-state index is 0.164. The van der Waals surface area contributed by atoms with Gasteiger partial charge in [0.05, 0.1) is 0 Å². The third-order valence-corrected chi connectivity index (χ3v) is 3.66. The summed E-state index contributed by atoms with van der Waals surface area (Å²) in [6, 6.07) is 15.0. The van der Waals surface area contributed by atoms with Crippen molar-refractivity contribution in [2.75, 3.05) is 0 Å². The fourth-order valence-corrected chi connectivity index (χ4v) is 2.68. The number of phenols is 1. The Hall–Kier alpha value is -2.29. The predicted molar refractivity (Wildman–Crippen MR) is 91.8 cm³/mol. The van der Waals surface area contributed by atoms with Crippen molar-refractivity contribution in [2.45, 2.75) is 40.0 Å². The van der Waals surface area contributed by atoms with Crippen LogP contribution >= 0.6 is 0 Å². The first-order chi connectivity index (χ1) is 10.7. The van der Waals surface area contributed by atoms with Gasteiger partial charge in [0.15, 0.2) is 0 Å². The number of esters is 1. The number of carbonyl (C=O) groups excluding carboxylic acids is 1. The predicted octanol–water partition coefficient (Wildman–Crippen LogP) is 4.89. The number of ether oxygens (including phenoxy) is 1. The Kier molecular flexibility index (Phi) is 5.09. The van der Waals surface area contributed by atoms with Crippen molar-refractivity contribution in [2.24, 2.45) is 5.41 Å². The zero-order chi connectivity index (χ0) is 17.0. The van der Waals surface area contributed by atoms with Crippen molar-refractivity contribution in [1.82, 2.24) is 0 Å². The highest BCUT2D eigenvalue weighted by Gasteiger charge is 2.22. The van der Waals surface area contributed by atoms with Crippen LogP contribution in [0.2, 0.25) is 0 Å². The molecule has 0 amide bonds. The van der Waals surface area contributed by atoms with Crippen molar-refractivity contribution >= 4 is 5.97 Å². The van der Waals surface area contributed by atoms with Gasteiger partial charge in [0.2, 0.25) is 0 Å². The molecule has 0 heterocycles. The van der Waals surface area contributed by atoms with E-state index in [-0.39, 0.29) is 23.1 Å². The lowest BCUT2D eigenvalue weighted by Gasteiger charge is -2.27. The summed E-state index contributed by atoms with van der Waals surface area (Å²) in [6.07, 6.45) is 0.977. The molecule has 0 saturated carbocycles. The molecule has 0 aliphatic carbocycles. The van der Waals surface area contributed by atoms with Gasteiger partial charge < -0.3 is 9.84 Å². The molecule has 2 rings (SSSR count). The summed E-state index contributed by atoms with van der Waals surface area (Å²) in [5.41, 5.74) is 2.50. The molecule has 122 valence electrons. The Morgan fingerprint density at radius 3 is 1.91 bits per heavy atom. The van der Waals surface area contributed by atoms with Gasteiger partial charge in [0.25, 0.3) is 0 Å². The van der Waals surface area contributed by atoms with E-state index in [1.807, 2.05) is 36.4 Å². The van der Waals surface area contributed by atoms with Crippen LogP contribution in [0.25, 0.3) is 0 Å². The lowest BCUT2D eigenvalue weighted by molar-refractivity contribution is -0.131. The second-order valence-corrected chi connectivity index (χ2v) is 7.07. The van der Waals surface area contributed by atoms with Crippen LogP contribution in [0.15, 0.2) is 48.5 Å². The van der Waals surface area contributed by atoms with E-state index < -0.39 is 0 Å². The Labute approximate surface area is 137 Å². The highest BCUT2D eigenvalue weighted by atomic mass is 16.5.